The molecule has 1 aromatic rings. The number of ether oxygens (including phenoxy) is 2. The molecule has 0 spiro atoms. The number of halogens is 1. The van der Waals surface area contributed by atoms with Crippen molar-refractivity contribution >= 4 is 17.9 Å². The van der Waals surface area contributed by atoms with E-state index < -0.39 is 30.3 Å². The quantitative estimate of drug-likeness (QED) is 0.781. The van der Waals surface area contributed by atoms with Crippen LogP contribution in [0.3, 0.4) is 0 Å². The van der Waals surface area contributed by atoms with E-state index in [0.29, 0.717) is 5.92 Å². The van der Waals surface area contributed by atoms with Gasteiger partial charge in [0, 0.05) is 6.04 Å². The Morgan fingerprint density at radius 1 is 1.23 bits per heavy atom. The van der Waals surface area contributed by atoms with E-state index >= 15 is 0 Å². The van der Waals surface area contributed by atoms with Gasteiger partial charge in [-0.15, -0.1) is 0 Å². The Kier molecular flexibility index (Phi) is 6.94. The van der Waals surface area contributed by atoms with Crippen molar-refractivity contribution in [2.75, 3.05) is 13.7 Å². The third kappa shape index (κ3) is 5.44. The molecule has 8 heteroatoms. The predicted octanol–water partition coefficient (Wildman–Crippen LogP) is 2.40. The summed E-state index contributed by atoms with van der Waals surface area (Å²) in [7, 11) is 1.31. The summed E-state index contributed by atoms with van der Waals surface area (Å²) < 4.78 is 23.1. The molecule has 2 atom stereocenters. The fourth-order valence-corrected chi connectivity index (χ4v) is 2.91. The number of nitrogens with one attached hydrogen (secondary N) is 2. The molecule has 0 aromatic heterocycles. The average molecular weight is 366 g/mol. The Labute approximate surface area is 151 Å². The van der Waals surface area contributed by atoms with Crippen molar-refractivity contribution in [3.63, 3.8) is 0 Å². The lowest BCUT2D eigenvalue weighted by atomic mass is 9.86. The number of carbonyl (C=O) groups excluding carboxylic acids is 3. The molecule has 0 heterocycles. The number of esters is 1. The number of rotatable bonds is 5. The molecule has 0 saturated heterocycles. The van der Waals surface area contributed by atoms with Gasteiger partial charge in [-0.1, -0.05) is 19.8 Å². The molecule has 1 saturated carbocycles. The average Bonchev–Trinajstić information content (AvgIpc) is 2.61. The molecule has 0 aliphatic heterocycles. The first-order valence-corrected chi connectivity index (χ1v) is 8.51. The summed E-state index contributed by atoms with van der Waals surface area (Å²) in [6.45, 7) is 1.42. The molecule has 2 rings (SSSR count). The number of hydrogen-bond acceptors (Lipinski definition) is 5. The molecular weight excluding hydrogens is 343 g/mol. The molecule has 1 fully saturated rings. The van der Waals surface area contributed by atoms with Crippen LogP contribution in [-0.4, -0.2) is 37.7 Å². The monoisotopic (exact) mass is 366 g/mol. The van der Waals surface area contributed by atoms with Crippen molar-refractivity contribution in [2.24, 2.45) is 5.92 Å². The minimum Gasteiger partial charge on any atom is -0.494 e. The van der Waals surface area contributed by atoms with Gasteiger partial charge in [0.2, 0.25) is 0 Å². The summed E-state index contributed by atoms with van der Waals surface area (Å²) in [4.78, 5) is 35.4. The van der Waals surface area contributed by atoms with Crippen LogP contribution in [0.2, 0.25) is 0 Å². The lowest BCUT2D eigenvalue weighted by Gasteiger charge is -2.29. The summed E-state index contributed by atoms with van der Waals surface area (Å²) in [6.07, 6.45) is 4.09. The second-order valence-electron chi connectivity index (χ2n) is 6.32. The number of benzene rings is 1. The van der Waals surface area contributed by atoms with Gasteiger partial charge in [-0.2, -0.15) is 0 Å². The molecule has 0 unspecified atom stereocenters. The third-order valence-electron chi connectivity index (χ3n) is 4.40. The van der Waals surface area contributed by atoms with E-state index in [4.69, 9.17) is 9.47 Å². The maximum absolute atomic E-state index is 13.6. The Morgan fingerprint density at radius 3 is 2.62 bits per heavy atom. The SMILES string of the molecule is COc1ccc(C(=O)OCC(=O)NC(=O)N[C@@H]2CCCC[C@@H]2C)cc1F. The van der Waals surface area contributed by atoms with Gasteiger partial charge in [0.1, 0.15) is 0 Å². The van der Waals surface area contributed by atoms with Crippen LogP contribution in [0.4, 0.5) is 9.18 Å². The van der Waals surface area contributed by atoms with Crippen LogP contribution in [0.15, 0.2) is 18.2 Å². The van der Waals surface area contributed by atoms with Crippen molar-refractivity contribution in [1.82, 2.24) is 10.6 Å². The van der Waals surface area contributed by atoms with E-state index in [-0.39, 0.29) is 17.4 Å². The number of urea groups is 1. The van der Waals surface area contributed by atoms with Gasteiger partial charge in [0.05, 0.1) is 12.7 Å². The minimum absolute atomic E-state index is 0.00657. The summed E-state index contributed by atoms with van der Waals surface area (Å²) in [5.74, 6) is -2.00. The molecule has 142 valence electrons. The zero-order valence-corrected chi connectivity index (χ0v) is 14.8. The normalized spacial score (nSPS) is 19.3. The van der Waals surface area contributed by atoms with E-state index in [1.807, 2.05) is 0 Å². The second kappa shape index (κ2) is 9.17. The summed E-state index contributed by atoms with van der Waals surface area (Å²) >= 11 is 0. The summed E-state index contributed by atoms with van der Waals surface area (Å²) in [5, 5.41) is 4.89. The van der Waals surface area contributed by atoms with Crippen molar-refractivity contribution in [1.29, 1.82) is 0 Å². The van der Waals surface area contributed by atoms with Gasteiger partial charge >= 0.3 is 12.0 Å². The van der Waals surface area contributed by atoms with Crippen LogP contribution in [-0.2, 0) is 9.53 Å². The molecule has 7 nitrogen and oxygen atoms in total. The van der Waals surface area contributed by atoms with Crippen LogP contribution < -0.4 is 15.4 Å². The number of imide groups is 1. The first kappa shape index (κ1) is 19.7. The van der Waals surface area contributed by atoms with Gasteiger partial charge in [-0.25, -0.2) is 14.0 Å². The van der Waals surface area contributed by atoms with Crippen molar-refractivity contribution in [2.45, 2.75) is 38.6 Å². The molecule has 1 aromatic carbocycles. The highest BCUT2D eigenvalue weighted by molar-refractivity contribution is 5.97. The molecular formula is C18H23FN2O5. The lowest BCUT2D eigenvalue weighted by molar-refractivity contribution is -0.123. The van der Waals surface area contributed by atoms with Gasteiger partial charge in [-0.05, 0) is 37.0 Å². The molecule has 1 aliphatic carbocycles. The summed E-state index contributed by atoms with van der Waals surface area (Å²) in [6, 6.07) is 2.97. The van der Waals surface area contributed by atoms with Crippen molar-refractivity contribution < 1.29 is 28.2 Å². The van der Waals surface area contributed by atoms with E-state index in [1.54, 1.807) is 0 Å². The topological polar surface area (TPSA) is 93.7 Å². The third-order valence-corrected chi connectivity index (χ3v) is 4.40. The van der Waals surface area contributed by atoms with Gasteiger partial charge in [0.15, 0.2) is 18.2 Å². The lowest BCUT2D eigenvalue weighted by Crippen LogP contribution is -2.48. The highest BCUT2D eigenvalue weighted by Crippen LogP contribution is 2.23. The zero-order valence-electron chi connectivity index (χ0n) is 14.8. The van der Waals surface area contributed by atoms with Crippen LogP contribution >= 0.6 is 0 Å². The van der Waals surface area contributed by atoms with Crippen LogP contribution in [0.1, 0.15) is 43.0 Å². The van der Waals surface area contributed by atoms with Crippen LogP contribution in [0, 0.1) is 11.7 Å². The number of methoxy groups -OCH3 is 1. The van der Waals surface area contributed by atoms with E-state index in [2.05, 4.69) is 17.6 Å². The Balaban J connectivity index is 1.77. The molecule has 0 radical (unpaired) electrons. The van der Waals surface area contributed by atoms with Crippen molar-refractivity contribution in [3.8, 4) is 5.75 Å². The molecule has 2 N–H and O–H groups in total. The Morgan fingerprint density at radius 2 is 1.96 bits per heavy atom. The number of amides is 3. The highest BCUT2D eigenvalue weighted by Gasteiger charge is 2.23. The van der Waals surface area contributed by atoms with Crippen molar-refractivity contribution in [3.05, 3.63) is 29.6 Å². The molecule has 1 aliphatic rings. The van der Waals surface area contributed by atoms with Gasteiger partial charge in [0.25, 0.3) is 5.91 Å². The largest absolute Gasteiger partial charge is 0.494 e. The maximum atomic E-state index is 13.6. The Bertz CT molecular complexity index is 680. The first-order valence-electron chi connectivity index (χ1n) is 8.51. The van der Waals surface area contributed by atoms with E-state index in [9.17, 15) is 18.8 Å². The maximum Gasteiger partial charge on any atom is 0.338 e. The molecule has 26 heavy (non-hydrogen) atoms. The fraction of sp³-hybridized carbons (Fsp3) is 0.500. The first-order chi connectivity index (χ1) is 12.4. The summed E-state index contributed by atoms with van der Waals surface area (Å²) in [5.41, 5.74) is -0.0587. The number of carbonyl (C=O) groups is 3. The Hall–Kier alpha value is -2.64. The van der Waals surface area contributed by atoms with E-state index in [1.165, 1.54) is 19.2 Å². The predicted molar refractivity (Wildman–Crippen MR) is 91.3 cm³/mol. The standard InChI is InChI=1S/C18H23FN2O5/c1-11-5-3-4-6-14(11)20-18(24)21-16(22)10-26-17(23)12-7-8-15(25-2)13(19)9-12/h7-9,11,14H,3-6,10H2,1-2H3,(H2,20,21,22,24)/t11-,14+/m0/s1. The van der Waals surface area contributed by atoms with Gasteiger partial charge in [-0.3, -0.25) is 10.1 Å². The smallest absolute Gasteiger partial charge is 0.338 e. The van der Waals surface area contributed by atoms with Crippen LogP contribution in [0.5, 0.6) is 5.75 Å². The zero-order chi connectivity index (χ0) is 19.1. The second-order valence-corrected chi connectivity index (χ2v) is 6.32. The minimum atomic E-state index is -0.872. The molecule has 3 amide bonds. The van der Waals surface area contributed by atoms with Crippen LogP contribution in [0.25, 0.3) is 0 Å². The molecule has 0 bridgehead atoms. The van der Waals surface area contributed by atoms with Gasteiger partial charge < -0.3 is 14.8 Å². The number of hydrogen-bond donors (Lipinski definition) is 2. The highest BCUT2D eigenvalue weighted by atomic mass is 19.1. The fourth-order valence-electron chi connectivity index (χ4n) is 2.91. The van der Waals surface area contributed by atoms with E-state index in [0.717, 1.165) is 31.7 Å².